The molecule has 3 aromatic carbocycles. The number of nitriles is 1. The van der Waals surface area contributed by atoms with Gasteiger partial charge in [0.05, 0.1) is 4.90 Å². The first-order chi connectivity index (χ1) is 20.1. The predicted molar refractivity (Wildman–Crippen MR) is 163 cm³/mol. The number of guanidine groups is 1. The molecule has 2 heterocycles. The molecule has 42 heavy (non-hydrogen) atoms. The number of piperidine rings is 1. The molecule has 0 radical (unpaired) electrons. The minimum Gasteiger partial charge on any atom is -0.485 e. The van der Waals surface area contributed by atoms with Crippen molar-refractivity contribution in [2.45, 2.75) is 68.2 Å². The van der Waals surface area contributed by atoms with Crippen LogP contribution >= 0.6 is 11.6 Å². The predicted octanol–water partition coefficient (Wildman–Crippen LogP) is 5.24. The zero-order chi connectivity index (χ0) is 29.9. The van der Waals surface area contributed by atoms with E-state index in [-0.39, 0.29) is 16.9 Å². The number of hydrogen-bond acceptors (Lipinski definition) is 6. The second-order valence-electron chi connectivity index (χ2n) is 11.1. The Kier molecular flexibility index (Phi) is 8.76. The number of hydrogen-bond donors (Lipinski definition) is 3. The second kappa shape index (κ2) is 12.3. The van der Waals surface area contributed by atoms with Crippen LogP contribution in [0.3, 0.4) is 0 Å². The van der Waals surface area contributed by atoms with Crippen molar-refractivity contribution in [1.82, 2.24) is 9.62 Å². The topological polar surface area (TPSA) is 127 Å². The molecule has 3 atom stereocenters. The van der Waals surface area contributed by atoms with Gasteiger partial charge in [0.25, 0.3) is 0 Å². The molecule has 220 valence electrons. The van der Waals surface area contributed by atoms with Gasteiger partial charge in [-0.05, 0) is 81.1 Å². The van der Waals surface area contributed by atoms with Gasteiger partial charge in [0.1, 0.15) is 23.5 Å². The van der Waals surface area contributed by atoms with Crippen LogP contribution in [-0.4, -0.2) is 48.1 Å². The van der Waals surface area contributed by atoms with Crippen LogP contribution in [0, 0.1) is 11.5 Å². The number of rotatable bonds is 6. The summed E-state index contributed by atoms with van der Waals surface area (Å²) in [7, 11) is -3.87. The fraction of sp³-hybridized carbons (Fsp3) is 0.355. The Labute approximate surface area is 251 Å². The molecule has 0 aromatic heterocycles. The number of anilines is 1. The van der Waals surface area contributed by atoms with Crippen molar-refractivity contribution < 1.29 is 18.3 Å². The Morgan fingerprint density at radius 2 is 1.88 bits per heavy atom. The van der Waals surface area contributed by atoms with Crippen LogP contribution in [0.5, 0.6) is 5.75 Å². The Morgan fingerprint density at radius 1 is 1.14 bits per heavy atom. The molecular weight excluding hydrogens is 574 g/mol. The van der Waals surface area contributed by atoms with Crippen molar-refractivity contribution in [3.05, 3.63) is 88.9 Å². The third kappa shape index (κ3) is 6.40. The van der Waals surface area contributed by atoms with Gasteiger partial charge in [0, 0.05) is 28.9 Å². The molecule has 2 aliphatic rings. The molecule has 11 heteroatoms. The van der Waals surface area contributed by atoms with Crippen LogP contribution in [0.4, 0.5) is 5.69 Å². The van der Waals surface area contributed by atoms with Gasteiger partial charge >= 0.3 is 0 Å². The van der Waals surface area contributed by atoms with Crippen LogP contribution in [0.15, 0.2) is 82.7 Å². The molecule has 3 aromatic rings. The molecule has 0 aliphatic carbocycles. The van der Waals surface area contributed by atoms with Crippen LogP contribution in [0.1, 0.15) is 50.3 Å². The molecule has 5 rings (SSSR count). The highest BCUT2D eigenvalue weighted by molar-refractivity contribution is 7.89. The molecule has 0 amide bonds. The number of sulfonamides is 1. The lowest BCUT2D eigenvalue weighted by atomic mass is 9.87. The summed E-state index contributed by atoms with van der Waals surface area (Å²) < 4.78 is 35.9. The van der Waals surface area contributed by atoms with E-state index in [4.69, 9.17) is 16.3 Å². The lowest BCUT2D eigenvalue weighted by Crippen LogP contribution is -2.49. The molecule has 1 fully saturated rings. The number of aliphatic hydroxyl groups excluding tert-OH is 1. The lowest BCUT2D eigenvalue weighted by molar-refractivity contribution is -0.0568. The highest BCUT2D eigenvalue weighted by Crippen LogP contribution is 2.43. The highest BCUT2D eigenvalue weighted by atomic mass is 35.5. The summed E-state index contributed by atoms with van der Waals surface area (Å²) in [5.41, 5.74) is 1.09. The first-order valence-electron chi connectivity index (χ1n) is 13.9. The third-order valence-electron chi connectivity index (χ3n) is 7.73. The van der Waals surface area contributed by atoms with E-state index >= 15 is 0 Å². The van der Waals surface area contributed by atoms with Gasteiger partial charge in [0.15, 0.2) is 6.19 Å². The van der Waals surface area contributed by atoms with E-state index in [1.54, 1.807) is 54.6 Å². The fourth-order valence-corrected chi connectivity index (χ4v) is 7.37. The molecule has 0 bridgehead atoms. The van der Waals surface area contributed by atoms with Gasteiger partial charge in [-0.15, -0.1) is 0 Å². The van der Waals surface area contributed by atoms with Crippen LogP contribution in [-0.2, 0) is 16.4 Å². The summed E-state index contributed by atoms with van der Waals surface area (Å²) in [5.74, 6) is 0.500. The normalized spacial score (nSPS) is 22.4. The molecule has 1 unspecified atom stereocenters. The average Bonchev–Trinajstić information content (AvgIpc) is 2.97. The minimum absolute atomic E-state index is 0.0831. The van der Waals surface area contributed by atoms with Crippen molar-refractivity contribution in [2.75, 3.05) is 11.9 Å². The Balaban J connectivity index is 1.51. The molecule has 2 aliphatic heterocycles. The SMILES string of the molecule is CC1(C)Oc2ccc(S(=O)(=O)N3CCCCC3Cc3ccccc3)cc2[C@@H](N=C(NC#N)Nc2ccc(Cl)cc2)[C@@H]1O. The fourth-order valence-electron chi connectivity index (χ4n) is 5.52. The van der Waals surface area contributed by atoms with Crippen molar-refractivity contribution in [2.24, 2.45) is 4.99 Å². The lowest BCUT2D eigenvalue weighted by Gasteiger charge is -2.41. The van der Waals surface area contributed by atoms with Gasteiger partial charge in [0.2, 0.25) is 16.0 Å². The van der Waals surface area contributed by atoms with Gasteiger partial charge < -0.3 is 15.2 Å². The number of nitrogens with zero attached hydrogens (tertiary/aromatic N) is 3. The van der Waals surface area contributed by atoms with E-state index < -0.39 is 27.8 Å². The van der Waals surface area contributed by atoms with Gasteiger partial charge in [-0.3, -0.25) is 5.32 Å². The summed E-state index contributed by atoms with van der Waals surface area (Å²) in [6.07, 6.45) is 3.89. The number of ether oxygens (including phenoxy) is 1. The van der Waals surface area contributed by atoms with E-state index in [9.17, 15) is 18.8 Å². The number of benzene rings is 3. The number of aliphatic hydroxyl groups is 1. The maximum atomic E-state index is 14.1. The summed E-state index contributed by atoms with van der Waals surface area (Å²) in [6.45, 7) is 3.91. The molecule has 1 saturated heterocycles. The van der Waals surface area contributed by atoms with E-state index in [0.29, 0.717) is 35.0 Å². The molecule has 3 N–H and O–H groups in total. The number of fused-ring (bicyclic) bond motifs is 1. The standard InChI is InChI=1S/C31H34ClN5O4S/c1-31(2)29(38)28(36-30(34-20-33)35-23-13-11-22(32)12-14-23)26-19-25(15-16-27(26)41-31)42(39,40)37-17-7-6-10-24(37)18-21-8-4-3-5-9-21/h3-5,8-9,11-16,19,24,28-29,38H,6-7,10,17-18H2,1-2H3,(H2,34,35,36)/t24?,28-,29+/m1/s1. The Hall–Kier alpha value is -3.62. The zero-order valence-electron chi connectivity index (χ0n) is 23.5. The first kappa shape index (κ1) is 29.9. The molecule has 0 saturated carbocycles. The average molecular weight is 608 g/mol. The summed E-state index contributed by atoms with van der Waals surface area (Å²) in [6, 6.07) is 20.4. The molecule has 0 spiro atoms. The van der Waals surface area contributed by atoms with Gasteiger partial charge in [-0.2, -0.15) is 9.57 Å². The Bertz CT molecular complexity index is 1590. The van der Waals surface area contributed by atoms with Gasteiger partial charge in [-0.1, -0.05) is 48.4 Å². The van der Waals surface area contributed by atoms with E-state index in [1.165, 1.54) is 6.07 Å². The van der Waals surface area contributed by atoms with Gasteiger partial charge in [-0.25, -0.2) is 13.4 Å². The number of aliphatic imine (C=N–C) groups is 1. The van der Waals surface area contributed by atoms with Crippen molar-refractivity contribution in [3.8, 4) is 11.9 Å². The maximum absolute atomic E-state index is 14.1. The summed E-state index contributed by atoms with van der Waals surface area (Å²) in [4.78, 5) is 4.78. The Morgan fingerprint density at radius 3 is 2.60 bits per heavy atom. The largest absolute Gasteiger partial charge is 0.485 e. The van der Waals surface area contributed by atoms with E-state index in [1.807, 2.05) is 36.5 Å². The van der Waals surface area contributed by atoms with Crippen LogP contribution < -0.4 is 15.4 Å². The third-order valence-corrected chi connectivity index (χ3v) is 9.93. The van der Waals surface area contributed by atoms with E-state index in [2.05, 4.69) is 15.6 Å². The highest BCUT2D eigenvalue weighted by Gasteiger charge is 2.44. The van der Waals surface area contributed by atoms with Crippen molar-refractivity contribution >= 4 is 33.3 Å². The van der Waals surface area contributed by atoms with Crippen LogP contribution in [0.25, 0.3) is 0 Å². The number of nitrogens with one attached hydrogen (secondary N) is 2. The quantitative estimate of drug-likeness (QED) is 0.151. The van der Waals surface area contributed by atoms with Crippen molar-refractivity contribution in [3.63, 3.8) is 0 Å². The van der Waals surface area contributed by atoms with E-state index in [0.717, 1.165) is 24.8 Å². The maximum Gasteiger partial charge on any atom is 0.243 e. The molecule has 9 nitrogen and oxygen atoms in total. The number of halogens is 1. The zero-order valence-corrected chi connectivity index (χ0v) is 25.1. The smallest absolute Gasteiger partial charge is 0.243 e. The minimum atomic E-state index is -3.87. The van der Waals surface area contributed by atoms with Crippen LogP contribution in [0.2, 0.25) is 5.02 Å². The van der Waals surface area contributed by atoms with Crippen molar-refractivity contribution in [1.29, 1.82) is 5.26 Å². The monoisotopic (exact) mass is 607 g/mol. The summed E-state index contributed by atoms with van der Waals surface area (Å²) in [5, 5.41) is 26.9. The second-order valence-corrected chi connectivity index (χ2v) is 13.4. The molecular formula is C31H34ClN5O4S. The first-order valence-corrected chi connectivity index (χ1v) is 15.7. The summed E-state index contributed by atoms with van der Waals surface area (Å²) >= 11 is 6.00.